The van der Waals surface area contributed by atoms with Crippen LogP contribution in [0.1, 0.15) is 25.8 Å². The van der Waals surface area contributed by atoms with Gasteiger partial charge in [-0.3, -0.25) is 4.98 Å². The van der Waals surface area contributed by atoms with Crippen LogP contribution in [0.25, 0.3) is 16.6 Å². The summed E-state index contributed by atoms with van der Waals surface area (Å²) in [6.45, 7) is 4.84. The number of aromatic nitrogens is 2. The third-order valence-corrected chi connectivity index (χ3v) is 5.19. The van der Waals surface area contributed by atoms with Gasteiger partial charge in [-0.05, 0) is 59.8 Å². The van der Waals surface area contributed by atoms with Crippen LogP contribution in [0.15, 0.2) is 78.2 Å². The Hall–Kier alpha value is -4.07. The predicted molar refractivity (Wildman–Crippen MR) is 137 cm³/mol. The molecule has 0 saturated heterocycles. The second kappa shape index (κ2) is 11.0. The average molecular weight is 445 g/mol. The van der Waals surface area contributed by atoms with Crippen LogP contribution in [0.4, 0.5) is 5.82 Å². The zero-order valence-corrected chi connectivity index (χ0v) is 19.3. The standard InChI is InChI=1S/C25H32N8/c1-16(2)18(12-26)11-24(28)33-25-7-6-22-23(32-25)10-19(14-31-22)20(15-29-3)21(27)9-17-5-4-8-30-13-17/h4-8,10-12,14-16,27,29-30H,9,13,26,28H2,1-3H3,(H,32,33)/b18-12+,20-15-,24-11+,27-21?. The third-order valence-electron chi connectivity index (χ3n) is 5.19. The molecule has 1 aliphatic rings. The van der Waals surface area contributed by atoms with Crippen molar-refractivity contribution in [2.24, 2.45) is 17.4 Å². The van der Waals surface area contributed by atoms with Crippen molar-refractivity contribution >= 4 is 28.1 Å². The third kappa shape index (κ3) is 6.22. The first kappa shape index (κ1) is 23.6. The summed E-state index contributed by atoms with van der Waals surface area (Å²) in [7, 11) is 1.82. The zero-order chi connectivity index (χ0) is 23.8. The van der Waals surface area contributed by atoms with E-state index in [2.05, 4.69) is 39.8 Å². The summed E-state index contributed by atoms with van der Waals surface area (Å²) in [5.74, 6) is 1.32. The molecular weight excluding hydrogens is 412 g/mol. The van der Waals surface area contributed by atoms with Crippen molar-refractivity contribution in [1.82, 2.24) is 20.6 Å². The van der Waals surface area contributed by atoms with Crippen LogP contribution in [-0.2, 0) is 0 Å². The number of fused-ring (bicyclic) bond motifs is 1. The lowest BCUT2D eigenvalue weighted by Crippen LogP contribution is -2.16. The van der Waals surface area contributed by atoms with E-state index in [9.17, 15) is 0 Å². The van der Waals surface area contributed by atoms with Crippen molar-refractivity contribution in [2.45, 2.75) is 20.3 Å². The fraction of sp³-hybridized carbons (Fsp3) is 0.240. The van der Waals surface area contributed by atoms with Gasteiger partial charge in [-0.1, -0.05) is 19.9 Å². The molecule has 0 fully saturated rings. The van der Waals surface area contributed by atoms with Gasteiger partial charge in [-0.25, -0.2) is 4.98 Å². The Labute approximate surface area is 194 Å². The zero-order valence-electron chi connectivity index (χ0n) is 19.3. The molecule has 8 N–H and O–H groups in total. The molecule has 0 amide bonds. The van der Waals surface area contributed by atoms with Crippen LogP contribution in [0.5, 0.6) is 0 Å². The highest BCUT2D eigenvalue weighted by Gasteiger charge is 2.13. The highest BCUT2D eigenvalue weighted by atomic mass is 15.1. The number of rotatable bonds is 9. The van der Waals surface area contributed by atoms with Gasteiger partial charge in [0.15, 0.2) is 0 Å². The first-order chi connectivity index (χ1) is 15.9. The fourth-order valence-corrected chi connectivity index (χ4v) is 3.43. The fourth-order valence-electron chi connectivity index (χ4n) is 3.43. The number of nitrogens with two attached hydrogens (primary N) is 2. The smallest absolute Gasteiger partial charge is 0.132 e. The van der Waals surface area contributed by atoms with E-state index in [-0.39, 0.29) is 5.92 Å². The predicted octanol–water partition coefficient (Wildman–Crippen LogP) is 3.35. The lowest BCUT2D eigenvalue weighted by Gasteiger charge is -2.15. The number of anilines is 1. The van der Waals surface area contributed by atoms with E-state index in [1.54, 1.807) is 12.4 Å². The van der Waals surface area contributed by atoms with Crippen LogP contribution in [0, 0.1) is 11.3 Å². The second-order valence-electron chi connectivity index (χ2n) is 8.07. The molecule has 2 aromatic rings. The Kier molecular flexibility index (Phi) is 7.86. The molecule has 172 valence electrons. The number of allylic oxidation sites excluding steroid dienone is 5. The maximum absolute atomic E-state index is 8.68. The van der Waals surface area contributed by atoms with Crippen LogP contribution in [0.2, 0.25) is 0 Å². The van der Waals surface area contributed by atoms with Crippen LogP contribution in [0.3, 0.4) is 0 Å². The molecule has 33 heavy (non-hydrogen) atoms. The Morgan fingerprint density at radius 1 is 1.30 bits per heavy atom. The Balaban J connectivity index is 1.87. The van der Waals surface area contributed by atoms with Crippen molar-refractivity contribution in [3.8, 4) is 0 Å². The molecular formula is C25H32N8. The first-order valence-corrected chi connectivity index (χ1v) is 10.9. The molecule has 0 aliphatic carbocycles. The van der Waals surface area contributed by atoms with E-state index in [1.807, 2.05) is 55.9 Å². The molecule has 0 saturated carbocycles. The topological polar surface area (TPSA) is 138 Å². The molecule has 0 spiro atoms. The van der Waals surface area contributed by atoms with Gasteiger partial charge < -0.3 is 32.8 Å². The van der Waals surface area contributed by atoms with Gasteiger partial charge in [0.05, 0.1) is 11.0 Å². The molecule has 2 aromatic heterocycles. The SMILES string of the molecule is CN/C=C(\C(=N)CC1=CC=CNC1)c1cnc2ccc(N/C(N)=C/C(=C\N)C(C)C)nc2c1. The van der Waals surface area contributed by atoms with Crippen molar-refractivity contribution < 1.29 is 0 Å². The van der Waals surface area contributed by atoms with Crippen molar-refractivity contribution in [1.29, 1.82) is 5.41 Å². The van der Waals surface area contributed by atoms with Crippen molar-refractivity contribution in [2.75, 3.05) is 18.9 Å². The van der Waals surface area contributed by atoms with Gasteiger partial charge >= 0.3 is 0 Å². The van der Waals surface area contributed by atoms with E-state index in [1.165, 1.54) is 0 Å². The van der Waals surface area contributed by atoms with Crippen molar-refractivity contribution in [3.05, 3.63) is 83.8 Å². The molecule has 8 nitrogen and oxygen atoms in total. The number of pyridine rings is 2. The largest absolute Gasteiger partial charge is 0.404 e. The molecule has 0 atom stereocenters. The summed E-state index contributed by atoms with van der Waals surface area (Å²) in [6, 6.07) is 5.67. The molecule has 3 rings (SSSR count). The number of hydrogen-bond donors (Lipinski definition) is 6. The molecule has 8 heteroatoms. The Morgan fingerprint density at radius 2 is 2.12 bits per heavy atom. The minimum absolute atomic E-state index is 0.260. The van der Waals surface area contributed by atoms with E-state index in [0.717, 1.165) is 34.3 Å². The first-order valence-electron chi connectivity index (χ1n) is 10.9. The van der Waals surface area contributed by atoms with E-state index in [0.29, 0.717) is 29.3 Å². The number of hydrogen-bond acceptors (Lipinski definition) is 8. The summed E-state index contributed by atoms with van der Waals surface area (Å²) in [4.78, 5) is 9.23. The molecule has 1 aliphatic heterocycles. The minimum atomic E-state index is 0.260. The summed E-state index contributed by atoms with van der Waals surface area (Å²) in [5, 5.41) is 18.0. The molecule has 0 bridgehead atoms. The van der Waals surface area contributed by atoms with Gasteiger partial charge in [-0.2, -0.15) is 0 Å². The lowest BCUT2D eigenvalue weighted by molar-refractivity contribution is 0.786. The van der Waals surface area contributed by atoms with Crippen molar-refractivity contribution in [3.63, 3.8) is 0 Å². The summed E-state index contributed by atoms with van der Waals surface area (Å²) in [6.07, 6.45) is 13.4. The lowest BCUT2D eigenvalue weighted by atomic mass is 9.97. The molecule has 0 aromatic carbocycles. The highest BCUT2D eigenvalue weighted by molar-refractivity contribution is 6.23. The van der Waals surface area contributed by atoms with Gasteiger partial charge in [0.2, 0.25) is 0 Å². The van der Waals surface area contributed by atoms with Crippen LogP contribution < -0.4 is 27.4 Å². The maximum atomic E-state index is 8.68. The second-order valence-corrected chi connectivity index (χ2v) is 8.07. The molecule has 0 radical (unpaired) electrons. The Morgan fingerprint density at radius 3 is 2.79 bits per heavy atom. The summed E-state index contributed by atoms with van der Waals surface area (Å²) in [5.41, 5.74) is 17.5. The van der Waals surface area contributed by atoms with Gasteiger partial charge in [0.25, 0.3) is 0 Å². The Bertz CT molecular complexity index is 1170. The van der Waals surface area contributed by atoms with E-state index in [4.69, 9.17) is 16.9 Å². The average Bonchev–Trinajstić information content (AvgIpc) is 2.81. The normalized spacial score (nSPS) is 14.8. The number of dihydropyridines is 1. The van der Waals surface area contributed by atoms with Crippen LogP contribution >= 0.6 is 0 Å². The summed E-state index contributed by atoms with van der Waals surface area (Å²) >= 11 is 0. The molecule has 3 heterocycles. The van der Waals surface area contributed by atoms with E-state index >= 15 is 0 Å². The van der Waals surface area contributed by atoms with Gasteiger partial charge in [-0.15, -0.1) is 0 Å². The number of nitrogens with one attached hydrogen (secondary N) is 4. The quantitative estimate of drug-likeness (QED) is 0.258. The van der Waals surface area contributed by atoms with E-state index < -0.39 is 0 Å². The van der Waals surface area contributed by atoms with Crippen LogP contribution in [-0.4, -0.2) is 29.3 Å². The molecule has 0 unspecified atom stereocenters. The number of nitrogens with zero attached hydrogens (tertiary/aromatic N) is 2. The highest BCUT2D eigenvalue weighted by Crippen LogP contribution is 2.23. The minimum Gasteiger partial charge on any atom is -0.404 e. The maximum Gasteiger partial charge on any atom is 0.132 e. The van der Waals surface area contributed by atoms with Gasteiger partial charge in [0, 0.05) is 49.3 Å². The van der Waals surface area contributed by atoms with Gasteiger partial charge in [0.1, 0.15) is 11.6 Å². The summed E-state index contributed by atoms with van der Waals surface area (Å²) < 4.78 is 0. The monoisotopic (exact) mass is 444 g/mol.